The van der Waals surface area contributed by atoms with E-state index in [-0.39, 0.29) is 18.4 Å². The van der Waals surface area contributed by atoms with Crippen LogP contribution in [0.5, 0.6) is 0 Å². The number of amides is 1. The molecule has 1 amide bonds. The van der Waals surface area contributed by atoms with Gasteiger partial charge in [-0.1, -0.05) is 32.0 Å². The number of nitrogens with one attached hydrogen (secondary N) is 1. The molecule has 0 radical (unpaired) electrons. The number of hydrogen-bond acceptors (Lipinski definition) is 2. The standard InChI is InChI=1S/C17H24FNO3/c1-11(2)9-12(15(20)21)10-19-16(22)17(3,4)13-7-5-6-8-14(13)18/h5-8,11-12H,9-10H2,1-4H3,(H,19,22)(H,20,21). The maximum absolute atomic E-state index is 13.9. The molecule has 0 saturated carbocycles. The quantitative estimate of drug-likeness (QED) is 0.814. The molecule has 22 heavy (non-hydrogen) atoms. The van der Waals surface area contributed by atoms with Crippen molar-refractivity contribution >= 4 is 11.9 Å². The Morgan fingerprint density at radius 3 is 2.36 bits per heavy atom. The summed E-state index contributed by atoms with van der Waals surface area (Å²) in [4.78, 5) is 23.6. The van der Waals surface area contributed by atoms with Crippen LogP contribution in [0.15, 0.2) is 24.3 Å². The summed E-state index contributed by atoms with van der Waals surface area (Å²) in [7, 11) is 0. The summed E-state index contributed by atoms with van der Waals surface area (Å²) in [5.74, 6) is -2.18. The SMILES string of the molecule is CC(C)CC(CNC(=O)C(C)(C)c1ccccc1F)C(=O)O. The monoisotopic (exact) mass is 309 g/mol. The Hall–Kier alpha value is -1.91. The molecule has 4 nitrogen and oxygen atoms in total. The first-order valence-electron chi connectivity index (χ1n) is 7.42. The van der Waals surface area contributed by atoms with Gasteiger partial charge in [-0.15, -0.1) is 0 Å². The fourth-order valence-corrected chi connectivity index (χ4v) is 2.37. The number of carbonyl (C=O) groups is 2. The molecule has 1 aromatic carbocycles. The first-order chi connectivity index (χ1) is 10.2. The molecule has 0 heterocycles. The highest BCUT2D eigenvalue weighted by molar-refractivity contribution is 5.87. The number of carbonyl (C=O) groups excluding carboxylic acids is 1. The van der Waals surface area contributed by atoms with Crippen LogP contribution in [0.1, 0.15) is 39.7 Å². The second-order valence-corrected chi connectivity index (χ2v) is 6.48. The third-order valence-electron chi connectivity index (χ3n) is 3.73. The minimum absolute atomic E-state index is 0.0459. The van der Waals surface area contributed by atoms with Crippen molar-refractivity contribution in [1.82, 2.24) is 5.32 Å². The average molecular weight is 309 g/mol. The smallest absolute Gasteiger partial charge is 0.308 e. The number of carboxylic acid groups (broad SMARTS) is 1. The van der Waals surface area contributed by atoms with Gasteiger partial charge in [-0.05, 0) is 32.3 Å². The van der Waals surface area contributed by atoms with Crippen LogP contribution in [0.3, 0.4) is 0 Å². The fourth-order valence-electron chi connectivity index (χ4n) is 2.37. The number of hydrogen-bond donors (Lipinski definition) is 2. The van der Waals surface area contributed by atoms with Crippen LogP contribution in [-0.4, -0.2) is 23.5 Å². The maximum atomic E-state index is 13.9. The van der Waals surface area contributed by atoms with E-state index < -0.39 is 23.1 Å². The van der Waals surface area contributed by atoms with Crippen molar-refractivity contribution < 1.29 is 19.1 Å². The summed E-state index contributed by atoms with van der Waals surface area (Å²) in [5, 5.41) is 11.8. The Balaban J connectivity index is 2.79. The second-order valence-electron chi connectivity index (χ2n) is 6.48. The molecule has 0 fully saturated rings. The fraction of sp³-hybridized carbons (Fsp3) is 0.529. The first-order valence-corrected chi connectivity index (χ1v) is 7.42. The third-order valence-corrected chi connectivity index (χ3v) is 3.73. The number of halogens is 1. The van der Waals surface area contributed by atoms with Crippen molar-refractivity contribution in [3.05, 3.63) is 35.6 Å². The zero-order chi connectivity index (χ0) is 16.9. The van der Waals surface area contributed by atoms with Crippen LogP contribution in [0, 0.1) is 17.7 Å². The molecule has 2 N–H and O–H groups in total. The van der Waals surface area contributed by atoms with Crippen LogP contribution in [0.4, 0.5) is 4.39 Å². The van der Waals surface area contributed by atoms with Gasteiger partial charge in [-0.3, -0.25) is 9.59 Å². The summed E-state index contributed by atoms with van der Waals surface area (Å²) >= 11 is 0. The van der Waals surface area contributed by atoms with Crippen LogP contribution in [0.25, 0.3) is 0 Å². The highest BCUT2D eigenvalue weighted by Gasteiger charge is 2.33. The molecule has 5 heteroatoms. The van der Waals surface area contributed by atoms with E-state index in [9.17, 15) is 19.1 Å². The number of aliphatic carboxylic acids is 1. The Kier molecular flexibility index (Phi) is 6.09. The summed E-state index contributed by atoms with van der Waals surface area (Å²) in [6.45, 7) is 7.16. The minimum Gasteiger partial charge on any atom is -0.481 e. The van der Waals surface area contributed by atoms with Crippen molar-refractivity contribution in [3.63, 3.8) is 0 Å². The Labute approximate surface area is 130 Å². The lowest BCUT2D eigenvalue weighted by molar-refractivity contribution is -0.142. The van der Waals surface area contributed by atoms with E-state index >= 15 is 0 Å². The molecule has 0 aliphatic heterocycles. The van der Waals surface area contributed by atoms with Gasteiger partial charge < -0.3 is 10.4 Å². The predicted octanol–water partition coefficient (Wildman–Crippen LogP) is 2.97. The maximum Gasteiger partial charge on any atom is 0.308 e. The van der Waals surface area contributed by atoms with Gasteiger partial charge in [0.15, 0.2) is 0 Å². The van der Waals surface area contributed by atoms with Gasteiger partial charge in [-0.25, -0.2) is 4.39 Å². The highest BCUT2D eigenvalue weighted by atomic mass is 19.1. The predicted molar refractivity (Wildman–Crippen MR) is 83.0 cm³/mol. The molecule has 0 aliphatic rings. The topological polar surface area (TPSA) is 66.4 Å². The van der Waals surface area contributed by atoms with Crippen molar-refractivity contribution in [2.45, 2.75) is 39.5 Å². The van der Waals surface area contributed by atoms with Crippen LogP contribution in [0.2, 0.25) is 0 Å². The lowest BCUT2D eigenvalue weighted by Crippen LogP contribution is -2.43. The van der Waals surface area contributed by atoms with Crippen LogP contribution >= 0.6 is 0 Å². The molecule has 0 aromatic heterocycles. The molecular weight excluding hydrogens is 285 g/mol. The van der Waals surface area contributed by atoms with Gasteiger partial charge in [-0.2, -0.15) is 0 Å². The van der Waals surface area contributed by atoms with E-state index in [4.69, 9.17) is 0 Å². The van der Waals surface area contributed by atoms with Crippen LogP contribution in [-0.2, 0) is 15.0 Å². The van der Waals surface area contributed by atoms with Gasteiger partial charge in [0.2, 0.25) is 5.91 Å². The Morgan fingerprint density at radius 1 is 1.27 bits per heavy atom. The zero-order valence-electron chi connectivity index (χ0n) is 13.5. The van der Waals surface area contributed by atoms with Crippen molar-refractivity contribution in [1.29, 1.82) is 0 Å². The normalized spacial score (nSPS) is 13.0. The van der Waals surface area contributed by atoms with Gasteiger partial charge in [0.05, 0.1) is 11.3 Å². The molecule has 1 atom stereocenters. The number of benzene rings is 1. The zero-order valence-corrected chi connectivity index (χ0v) is 13.5. The van der Waals surface area contributed by atoms with E-state index in [2.05, 4.69) is 5.32 Å². The van der Waals surface area contributed by atoms with E-state index in [0.717, 1.165) is 0 Å². The van der Waals surface area contributed by atoms with Gasteiger partial charge >= 0.3 is 5.97 Å². The van der Waals surface area contributed by atoms with E-state index in [1.807, 2.05) is 13.8 Å². The van der Waals surface area contributed by atoms with E-state index in [1.54, 1.807) is 32.0 Å². The van der Waals surface area contributed by atoms with Gasteiger partial charge in [0.1, 0.15) is 5.82 Å². The van der Waals surface area contributed by atoms with Crippen molar-refractivity contribution in [2.24, 2.45) is 11.8 Å². The first kappa shape index (κ1) is 18.1. The molecule has 1 rings (SSSR count). The number of rotatable bonds is 7. The Morgan fingerprint density at radius 2 is 1.86 bits per heavy atom. The summed E-state index contributed by atoms with van der Waals surface area (Å²) in [6, 6.07) is 6.11. The second kappa shape index (κ2) is 7.38. The van der Waals surface area contributed by atoms with E-state index in [1.165, 1.54) is 6.07 Å². The minimum atomic E-state index is -1.06. The summed E-state index contributed by atoms with van der Waals surface area (Å²) in [5.41, 5.74) is -0.769. The number of carboxylic acids is 1. The molecular formula is C17H24FNO3. The van der Waals surface area contributed by atoms with E-state index in [0.29, 0.717) is 12.0 Å². The third kappa shape index (κ3) is 4.55. The van der Waals surface area contributed by atoms with Crippen molar-refractivity contribution in [3.8, 4) is 0 Å². The molecule has 1 aromatic rings. The molecule has 0 aliphatic carbocycles. The van der Waals surface area contributed by atoms with Gasteiger partial charge in [0, 0.05) is 12.1 Å². The summed E-state index contributed by atoms with van der Waals surface area (Å²) in [6.07, 6.45) is 0.482. The van der Waals surface area contributed by atoms with Crippen molar-refractivity contribution in [2.75, 3.05) is 6.54 Å². The van der Waals surface area contributed by atoms with Gasteiger partial charge in [0.25, 0.3) is 0 Å². The Bertz CT molecular complexity index is 540. The lowest BCUT2D eigenvalue weighted by atomic mass is 9.83. The molecule has 0 saturated heterocycles. The highest BCUT2D eigenvalue weighted by Crippen LogP contribution is 2.26. The molecule has 122 valence electrons. The lowest BCUT2D eigenvalue weighted by Gasteiger charge is -2.26. The average Bonchev–Trinajstić information content (AvgIpc) is 2.42. The van der Waals surface area contributed by atoms with Crippen LogP contribution < -0.4 is 5.32 Å². The molecule has 1 unspecified atom stereocenters. The largest absolute Gasteiger partial charge is 0.481 e. The summed E-state index contributed by atoms with van der Waals surface area (Å²) < 4.78 is 13.9. The molecule has 0 spiro atoms. The molecule has 0 bridgehead atoms.